The Labute approximate surface area is 211 Å². The number of anilines is 3. The van der Waals surface area contributed by atoms with Crippen molar-refractivity contribution in [3.63, 3.8) is 0 Å². The van der Waals surface area contributed by atoms with Gasteiger partial charge in [-0.3, -0.25) is 14.4 Å². The quantitative estimate of drug-likeness (QED) is 0.350. The van der Waals surface area contributed by atoms with Gasteiger partial charge in [-0.15, -0.1) is 10.2 Å². The molecule has 0 fully saturated rings. The molecule has 1 aromatic heterocycles. The number of thioether (sulfide) groups is 1. The van der Waals surface area contributed by atoms with E-state index in [0.29, 0.717) is 45.2 Å². The SMILES string of the molecule is COc1ccc(NC(=O)CSc2nnc(CCC(=O)Nc3ccc(Cl)cc3)n2C)cc1NC(C)=O. The molecule has 0 saturated heterocycles. The predicted molar refractivity (Wildman–Crippen MR) is 136 cm³/mol. The van der Waals surface area contributed by atoms with E-state index in [1.165, 1.54) is 25.8 Å². The molecule has 0 bridgehead atoms. The van der Waals surface area contributed by atoms with E-state index in [1.54, 1.807) is 54.1 Å². The van der Waals surface area contributed by atoms with E-state index in [4.69, 9.17) is 16.3 Å². The summed E-state index contributed by atoms with van der Waals surface area (Å²) in [5.41, 5.74) is 1.65. The maximum atomic E-state index is 12.4. The Bertz CT molecular complexity index is 1220. The molecule has 35 heavy (non-hydrogen) atoms. The number of nitrogens with one attached hydrogen (secondary N) is 3. The molecule has 1 heterocycles. The van der Waals surface area contributed by atoms with Crippen molar-refractivity contribution in [2.75, 3.05) is 28.8 Å². The summed E-state index contributed by atoms with van der Waals surface area (Å²) in [6.07, 6.45) is 0.626. The first-order chi connectivity index (χ1) is 16.7. The summed E-state index contributed by atoms with van der Waals surface area (Å²) < 4.78 is 6.98. The van der Waals surface area contributed by atoms with E-state index in [1.807, 2.05) is 0 Å². The van der Waals surface area contributed by atoms with Crippen LogP contribution in [0.15, 0.2) is 47.6 Å². The zero-order valence-electron chi connectivity index (χ0n) is 19.4. The lowest BCUT2D eigenvalue weighted by Gasteiger charge is -2.12. The number of hydrogen-bond donors (Lipinski definition) is 3. The molecule has 3 rings (SSSR count). The van der Waals surface area contributed by atoms with Crippen LogP contribution in [0.4, 0.5) is 17.1 Å². The van der Waals surface area contributed by atoms with E-state index in [9.17, 15) is 14.4 Å². The molecule has 0 spiro atoms. The fraction of sp³-hybridized carbons (Fsp3) is 0.261. The van der Waals surface area contributed by atoms with Crippen LogP contribution in [0, 0.1) is 0 Å². The number of halogens is 1. The molecular weight excluding hydrogens is 492 g/mol. The first kappa shape index (κ1) is 26.0. The van der Waals surface area contributed by atoms with Crippen molar-refractivity contribution < 1.29 is 19.1 Å². The number of nitrogens with zero attached hydrogens (tertiary/aromatic N) is 3. The van der Waals surface area contributed by atoms with Crippen molar-refractivity contribution in [2.24, 2.45) is 7.05 Å². The van der Waals surface area contributed by atoms with Crippen LogP contribution < -0.4 is 20.7 Å². The molecule has 3 amide bonds. The van der Waals surface area contributed by atoms with E-state index < -0.39 is 0 Å². The molecule has 10 nitrogen and oxygen atoms in total. The number of amides is 3. The van der Waals surface area contributed by atoms with Gasteiger partial charge in [-0.1, -0.05) is 23.4 Å². The smallest absolute Gasteiger partial charge is 0.234 e. The summed E-state index contributed by atoms with van der Waals surface area (Å²) in [5, 5.41) is 17.7. The van der Waals surface area contributed by atoms with E-state index in [2.05, 4.69) is 26.1 Å². The highest BCUT2D eigenvalue weighted by Crippen LogP contribution is 2.28. The van der Waals surface area contributed by atoms with Gasteiger partial charge in [-0.05, 0) is 42.5 Å². The van der Waals surface area contributed by atoms with Gasteiger partial charge in [0.2, 0.25) is 17.7 Å². The molecule has 0 aliphatic carbocycles. The summed E-state index contributed by atoms with van der Waals surface area (Å²) >= 11 is 7.08. The predicted octanol–water partition coefficient (Wildman–Crippen LogP) is 3.74. The summed E-state index contributed by atoms with van der Waals surface area (Å²) in [7, 11) is 3.28. The number of benzene rings is 2. The van der Waals surface area contributed by atoms with Crippen LogP contribution in [0.3, 0.4) is 0 Å². The summed E-state index contributed by atoms with van der Waals surface area (Å²) in [6, 6.07) is 11.8. The monoisotopic (exact) mass is 516 g/mol. The van der Waals surface area contributed by atoms with Crippen LogP contribution in [0.5, 0.6) is 5.75 Å². The first-order valence-electron chi connectivity index (χ1n) is 10.6. The largest absolute Gasteiger partial charge is 0.495 e. The third-order valence-corrected chi connectivity index (χ3v) is 6.03. The lowest BCUT2D eigenvalue weighted by molar-refractivity contribution is -0.116. The maximum Gasteiger partial charge on any atom is 0.234 e. The van der Waals surface area contributed by atoms with Crippen molar-refractivity contribution in [2.45, 2.75) is 24.9 Å². The van der Waals surface area contributed by atoms with Crippen molar-refractivity contribution >= 4 is 58.1 Å². The molecule has 3 N–H and O–H groups in total. The summed E-state index contributed by atoms with van der Waals surface area (Å²) in [6.45, 7) is 1.39. The number of rotatable bonds is 10. The fourth-order valence-corrected chi connectivity index (χ4v) is 3.93. The molecule has 0 radical (unpaired) electrons. The zero-order chi connectivity index (χ0) is 25.4. The number of ether oxygens (including phenoxy) is 1. The Kier molecular flexibility index (Phi) is 9.10. The highest BCUT2D eigenvalue weighted by atomic mass is 35.5. The Balaban J connectivity index is 1.50. The number of carbonyl (C=O) groups excluding carboxylic acids is 3. The van der Waals surface area contributed by atoms with Gasteiger partial charge in [-0.2, -0.15) is 0 Å². The number of methoxy groups -OCH3 is 1. The van der Waals surface area contributed by atoms with Gasteiger partial charge in [0.1, 0.15) is 11.6 Å². The lowest BCUT2D eigenvalue weighted by Crippen LogP contribution is -2.15. The second kappa shape index (κ2) is 12.2. The molecule has 0 aliphatic rings. The van der Waals surface area contributed by atoms with Crippen molar-refractivity contribution in [3.05, 3.63) is 53.3 Å². The highest BCUT2D eigenvalue weighted by Gasteiger charge is 2.14. The molecule has 0 atom stereocenters. The maximum absolute atomic E-state index is 12.4. The lowest BCUT2D eigenvalue weighted by atomic mass is 10.2. The molecule has 0 saturated carbocycles. The normalized spacial score (nSPS) is 10.5. The summed E-state index contributed by atoms with van der Waals surface area (Å²) in [4.78, 5) is 36.0. The van der Waals surface area contributed by atoms with Crippen LogP contribution >= 0.6 is 23.4 Å². The Morgan fingerprint density at radius 3 is 2.37 bits per heavy atom. The van der Waals surface area contributed by atoms with Gasteiger partial charge in [0.25, 0.3) is 0 Å². The fourth-order valence-electron chi connectivity index (χ4n) is 3.07. The Morgan fingerprint density at radius 1 is 1.00 bits per heavy atom. The standard InChI is InChI=1S/C23H25ClN6O4S/c1-14(31)25-18-12-17(8-9-19(18)34-3)27-22(33)13-35-23-29-28-20(30(23)2)10-11-21(32)26-16-6-4-15(24)5-7-16/h4-9,12H,10-11,13H2,1-3H3,(H,25,31)(H,26,32)(H,27,33). The van der Waals surface area contributed by atoms with E-state index in [-0.39, 0.29) is 29.9 Å². The highest BCUT2D eigenvalue weighted by molar-refractivity contribution is 7.99. The minimum absolute atomic E-state index is 0.102. The molecule has 0 unspecified atom stereocenters. The van der Waals surface area contributed by atoms with Gasteiger partial charge >= 0.3 is 0 Å². The van der Waals surface area contributed by atoms with Crippen LogP contribution in [-0.2, 0) is 27.9 Å². The third kappa shape index (κ3) is 7.72. The zero-order valence-corrected chi connectivity index (χ0v) is 21.0. The molecule has 3 aromatic rings. The van der Waals surface area contributed by atoms with Crippen LogP contribution in [0.25, 0.3) is 0 Å². The first-order valence-corrected chi connectivity index (χ1v) is 11.9. The topological polar surface area (TPSA) is 127 Å². The van der Waals surface area contributed by atoms with Gasteiger partial charge in [0.15, 0.2) is 5.16 Å². The Hall–Kier alpha value is -3.57. The minimum atomic E-state index is -0.249. The van der Waals surface area contributed by atoms with Gasteiger partial charge in [0, 0.05) is 43.2 Å². The second-order valence-corrected chi connectivity index (χ2v) is 8.82. The minimum Gasteiger partial charge on any atom is -0.495 e. The van der Waals surface area contributed by atoms with Gasteiger partial charge in [0.05, 0.1) is 18.6 Å². The third-order valence-electron chi connectivity index (χ3n) is 4.76. The van der Waals surface area contributed by atoms with Gasteiger partial charge in [-0.25, -0.2) is 0 Å². The van der Waals surface area contributed by atoms with Crippen LogP contribution in [0.2, 0.25) is 5.02 Å². The average Bonchev–Trinajstić information content (AvgIpc) is 3.17. The molecule has 2 aromatic carbocycles. The molecule has 12 heteroatoms. The Morgan fingerprint density at radius 2 is 1.69 bits per heavy atom. The molecular formula is C23H25ClN6O4S. The summed E-state index contributed by atoms with van der Waals surface area (Å²) in [5.74, 6) is 0.575. The number of aryl methyl sites for hydroxylation is 1. The van der Waals surface area contributed by atoms with E-state index >= 15 is 0 Å². The van der Waals surface area contributed by atoms with Crippen molar-refractivity contribution in [1.82, 2.24) is 14.8 Å². The second-order valence-electron chi connectivity index (χ2n) is 7.45. The van der Waals surface area contributed by atoms with Crippen molar-refractivity contribution in [3.8, 4) is 5.75 Å². The molecule has 184 valence electrons. The van der Waals surface area contributed by atoms with Crippen molar-refractivity contribution in [1.29, 1.82) is 0 Å². The van der Waals surface area contributed by atoms with E-state index in [0.717, 1.165) is 0 Å². The molecule has 0 aliphatic heterocycles. The van der Waals surface area contributed by atoms with Crippen LogP contribution in [-0.4, -0.2) is 45.3 Å². The van der Waals surface area contributed by atoms with Crippen LogP contribution in [0.1, 0.15) is 19.2 Å². The number of aromatic nitrogens is 3. The number of carbonyl (C=O) groups is 3. The van der Waals surface area contributed by atoms with Gasteiger partial charge < -0.3 is 25.3 Å². The average molecular weight is 517 g/mol. The number of hydrogen-bond acceptors (Lipinski definition) is 7.